The lowest BCUT2D eigenvalue weighted by molar-refractivity contribution is 0.121. The average molecular weight is 361 g/mol. The van der Waals surface area contributed by atoms with Crippen LogP contribution in [0.5, 0.6) is 0 Å². The second-order valence-electron chi connectivity index (χ2n) is 6.58. The number of rotatable bonds is 5. The minimum atomic E-state index is 0.0333. The quantitative estimate of drug-likeness (QED) is 0.782. The molecule has 2 aliphatic heterocycles. The van der Waals surface area contributed by atoms with Crippen molar-refractivity contribution in [3.05, 3.63) is 46.0 Å². The summed E-state index contributed by atoms with van der Waals surface area (Å²) in [7, 11) is 0. The summed E-state index contributed by atoms with van der Waals surface area (Å²) in [6.07, 6.45) is 4.16. The highest BCUT2D eigenvalue weighted by atomic mass is 32.2. The van der Waals surface area contributed by atoms with Crippen LogP contribution in [0.3, 0.4) is 0 Å². The standard InChI is InChI=1S/C17H23N5O2S/c23-17-9-14-12-25-8-1-16(14)19-22(17)7-6-20-2-4-21(5-3-20)10-15-11-24-13-18-15/h9,11,13H,1-8,10,12H2. The highest BCUT2D eigenvalue weighted by molar-refractivity contribution is 7.98. The van der Waals surface area contributed by atoms with E-state index in [1.54, 1.807) is 17.0 Å². The Bertz CT molecular complexity index is 753. The van der Waals surface area contributed by atoms with Gasteiger partial charge in [0.15, 0.2) is 6.39 Å². The molecule has 0 saturated carbocycles. The van der Waals surface area contributed by atoms with Crippen molar-refractivity contribution < 1.29 is 4.42 Å². The minimum Gasteiger partial charge on any atom is -0.451 e. The zero-order chi connectivity index (χ0) is 17.1. The highest BCUT2D eigenvalue weighted by Gasteiger charge is 2.18. The third-order valence-electron chi connectivity index (χ3n) is 4.87. The Kier molecular flexibility index (Phi) is 5.19. The zero-order valence-corrected chi connectivity index (χ0v) is 15.1. The van der Waals surface area contributed by atoms with E-state index < -0.39 is 0 Å². The minimum absolute atomic E-state index is 0.0333. The third kappa shape index (κ3) is 4.13. The molecule has 0 unspecified atom stereocenters. The van der Waals surface area contributed by atoms with Crippen LogP contribution in [0.25, 0.3) is 0 Å². The first kappa shape index (κ1) is 16.8. The zero-order valence-electron chi connectivity index (χ0n) is 14.3. The summed E-state index contributed by atoms with van der Waals surface area (Å²) in [5, 5.41) is 4.60. The van der Waals surface area contributed by atoms with Gasteiger partial charge in [-0.25, -0.2) is 9.67 Å². The Labute approximate surface area is 151 Å². The molecule has 0 bridgehead atoms. The molecule has 1 fully saturated rings. The van der Waals surface area contributed by atoms with E-state index in [9.17, 15) is 4.79 Å². The average Bonchev–Trinajstić information content (AvgIpc) is 3.14. The molecule has 1 saturated heterocycles. The van der Waals surface area contributed by atoms with Crippen LogP contribution in [0.2, 0.25) is 0 Å². The molecule has 0 atom stereocenters. The second-order valence-corrected chi connectivity index (χ2v) is 7.68. The molecule has 7 nitrogen and oxygen atoms in total. The molecule has 2 aromatic rings. The summed E-state index contributed by atoms with van der Waals surface area (Å²) >= 11 is 1.88. The molecule has 0 spiro atoms. The SMILES string of the molecule is O=c1cc2c(nn1CCN1CCN(Cc3cocn3)CC1)CCSC2. The molecule has 4 rings (SSSR count). The fraction of sp³-hybridized carbons (Fsp3) is 0.588. The van der Waals surface area contributed by atoms with E-state index in [1.807, 2.05) is 11.8 Å². The lowest BCUT2D eigenvalue weighted by Crippen LogP contribution is -2.47. The first-order chi connectivity index (χ1) is 12.3. The van der Waals surface area contributed by atoms with E-state index in [2.05, 4.69) is 19.9 Å². The molecule has 0 amide bonds. The van der Waals surface area contributed by atoms with Gasteiger partial charge in [-0.15, -0.1) is 0 Å². The van der Waals surface area contributed by atoms with Gasteiger partial charge in [0, 0.05) is 57.5 Å². The maximum Gasteiger partial charge on any atom is 0.267 e. The van der Waals surface area contributed by atoms with Crippen LogP contribution in [0.15, 0.2) is 27.9 Å². The molecule has 0 N–H and O–H groups in total. The van der Waals surface area contributed by atoms with Crippen molar-refractivity contribution in [1.29, 1.82) is 0 Å². The lowest BCUT2D eigenvalue weighted by atomic mass is 10.2. The normalized spacial score (nSPS) is 19.0. The van der Waals surface area contributed by atoms with Gasteiger partial charge in [0.05, 0.1) is 17.9 Å². The van der Waals surface area contributed by atoms with Crippen molar-refractivity contribution in [3.8, 4) is 0 Å². The predicted molar refractivity (Wildman–Crippen MR) is 96.6 cm³/mol. The number of thioether (sulfide) groups is 1. The van der Waals surface area contributed by atoms with Crippen molar-refractivity contribution in [2.24, 2.45) is 0 Å². The number of piperazine rings is 1. The molecule has 0 radical (unpaired) electrons. The van der Waals surface area contributed by atoms with Crippen molar-refractivity contribution >= 4 is 11.8 Å². The van der Waals surface area contributed by atoms with Crippen LogP contribution < -0.4 is 5.56 Å². The van der Waals surface area contributed by atoms with Crippen LogP contribution in [0.1, 0.15) is 17.0 Å². The number of hydrogen-bond donors (Lipinski definition) is 0. The van der Waals surface area contributed by atoms with Gasteiger partial charge in [-0.05, 0) is 11.3 Å². The van der Waals surface area contributed by atoms with Gasteiger partial charge in [0.25, 0.3) is 5.56 Å². The molecule has 0 aromatic carbocycles. The van der Waals surface area contributed by atoms with Crippen LogP contribution in [0.4, 0.5) is 0 Å². The predicted octanol–water partition coefficient (Wildman–Crippen LogP) is 0.838. The van der Waals surface area contributed by atoms with E-state index in [4.69, 9.17) is 4.42 Å². The molecule has 0 aliphatic carbocycles. The summed E-state index contributed by atoms with van der Waals surface area (Å²) < 4.78 is 6.68. The largest absolute Gasteiger partial charge is 0.451 e. The molecule has 4 heterocycles. The maximum atomic E-state index is 12.2. The van der Waals surface area contributed by atoms with Gasteiger partial charge in [-0.3, -0.25) is 14.6 Å². The Morgan fingerprint density at radius 3 is 2.80 bits per heavy atom. The van der Waals surface area contributed by atoms with Crippen LogP contribution in [-0.2, 0) is 25.3 Å². The number of nitrogens with zero attached hydrogens (tertiary/aromatic N) is 5. The second kappa shape index (κ2) is 7.72. The van der Waals surface area contributed by atoms with Gasteiger partial charge in [0.1, 0.15) is 6.26 Å². The fourth-order valence-corrected chi connectivity index (χ4v) is 4.32. The first-order valence-corrected chi connectivity index (χ1v) is 9.93. The van der Waals surface area contributed by atoms with Gasteiger partial charge in [0.2, 0.25) is 0 Å². The van der Waals surface area contributed by atoms with E-state index in [0.717, 1.165) is 74.1 Å². The van der Waals surface area contributed by atoms with Gasteiger partial charge in [-0.2, -0.15) is 16.9 Å². The Morgan fingerprint density at radius 2 is 2.00 bits per heavy atom. The molecule has 134 valence electrons. The maximum absolute atomic E-state index is 12.2. The Balaban J connectivity index is 1.29. The van der Waals surface area contributed by atoms with Crippen LogP contribution in [0, 0.1) is 0 Å². The summed E-state index contributed by atoms with van der Waals surface area (Å²) in [5.41, 5.74) is 3.25. The van der Waals surface area contributed by atoms with E-state index in [0.29, 0.717) is 6.54 Å². The summed E-state index contributed by atoms with van der Waals surface area (Å²) in [5.74, 6) is 2.03. The summed E-state index contributed by atoms with van der Waals surface area (Å²) in [6, 6.07) is 1.78. The molecule has 8 heteroatoms. The Hall–Kier alpha value is -1.64. The van der Waals surface area contributed by atoms with E-state index in [-0.39, 0.29) is 5.56 Å². The molecule has 2 aromatic heterocycles. The monoisotopic (exact) mass is 361 g/mol. The van der Waals surface area contributed by atoms with Gasteiger partial charge >= 0.3 is 0 Å². The molecular formula is C17H23N5O2S. The number of hydrogen-bond acceptors (Lipinski definition) is 7. The van der Waals surface area contributed by atoms with Gasteiger partial charge < -0.3 is 4.42 Å². The van der Waals surface area contributed by atoms with Crippen LogP contribution >= 0.6 is 11.8 Å². The summed E-state index contributed by atoms with van der Waals surface area (Å²) in [6.45, 7) is 6.42. The highest BCUT2D eigenvalue weighted by Crippen LogP contribution is 2.21. The van der Waals surface area contributed by atoms with Crippen molar-refractivity contribution in [2.45, 2.75) is 25.3 Å². The lowest BCUT2D eigenvalue weighted by Gasteiger charge is -2.34. The number of fused-ring (bicyclic) bond motifs is 1. The molecule has 25 heavy (non-hydrogen) atoms. The fourth-order valence-electron chi connectivity index (χ4n) is 3.36. The Morgan fingerprint density at radius 1 is 1.16 bits per heavy atom. The van der Waals surface area contributed by atoms with Crippen molar-refractivity contribution in [3.63, 3.8) is 0 Å². The van der Waals surface area contributed by atoms with Crippen molar-refractivity contribution in [2.75, 3.05) is 38.5 Å². The number of oxazole rings is 1. The smallest absolute Gasteiger partial charge is 0.267 e. The van der Waals surface area contributed by atoms with Crippen LogP contribution in [-0.4, -0.2) is 63.0 Å². The molecule has 2 aliphatic rings. The van der Waals surface area contributed by atoms with E-state index >= 15 is 0 Å². The number of aromatic nitrogens is 3. The van der Waals surface area contributed by atoms with Gasteiger partial charge in [-0.1, -0.05) is 0 Å². The first-order valence-electron chi connectivity index (χ1n) is 8.77. The summed E-state index contributed by atoms with van der Waals surface area (Å²) in [4.78, 5) is 21.2. The number of aryl methyl sites for hydroxylation is 1. The molecular weight excluding hydrogens is 338 g/mol. The van der Waals surface area contributed by atoms with E-state index in [1.165, 1.54) is 6.39 Å². The van der Waals surface area contributed by atoms with Crippen molar-refractivity contribution in [1.82, 2.24) is 24.6 Å². The third-order valence-corrected chi connectivity index (χ3v) is 5.87. The topological polar surface area (TPSA) is 67.4 Å².